The zero-order valence-corrected chi connectivity index (χ0v) is 15.0. The van der Waals surface area contributed by atoms with Gasteiger partial charge in [-0.3, -0.25) is 0 Å². The molecule has 0 amide bonds. The molecule has 0 bridgehead atoms. The van der Waals surface area contributed by atoms with Crippen LogP contribution in [0.4, 0.5) is 0 Å². The SMILES string of the molecule is CCOC(=O)c1[nH]c2cc(Br)cc(Br)c2c1-c1ccccc1. The largest absolute Gasteiger partial charge is 0.461 e. The van der Waals surface area contributed by atoms with E-state index in [0.717, 1.165) is 31.0 Å². The third kappa shape index (κ3) is 2.71. The Kier molecular flexibility index (Phi) is 4.36. The van der Waals surface area contributed by atoms with Gasteiger partial charge >= 0.3 is 5.97 Å². The zero-order valence-electron chi connectivity index (χ0n) is 11.8. The number of hydrogen-bond donors (Lipinski definition) is 1. The monoisotopic (exact) mass is 421 g/mol. The Hall–Kier alpha value is -1.59. The van der Waals surface area contributed by atoms with E-state index in [1.807, 2.05) is 42.5 Å². The van der Waals surface area contributed by atoms with E-state index in [9.17, 15) is 4.79 Å². The number of aromatic amines is 1. The van der Waals surface area contributed by atoms with Crippen LogP contribution < -0.4 is 0 Å². The van der Waals surface area contributed by atoms with E-state index >= 15 is 0 Å². The van der Waals surface area contributed by atoms with E-state index in [-0.39, 0.29) is 5.97 Å². The van der Waals surface area contributed by atoms with Gasteiger partial charge in [0, 0.05) is 25.4 Å². The zero-order chi connectivity index (χ0) is 15.7. The van der Waals surface area contributed by atoms with Crippen molar-refractivity contribution >= 4 is 48.7 Å². The third-order valence-electron chi connectivity index (χ3n) is 3.36. The molecule has 22 heavy (non-hydrogen) atoms. The summed E-state index contributed by atoms with van der Waals surface area (Å²) in [7, 11) is 0. The van der Waals surface area contributed by atoms with Crippen molar-refractivity contribution in [3.8, 4) is 11.1 Å². The highest BCUT2D eigenvalue weighted by atomic mass is 79.9. The Bertz CT molecular complexity index is 841. The summed E-state index contributed by atoms with van der Waals surface area (Å²) in [6.07, 6.45) is 0. The topological polar surface area (TPSA) is 42.1 Å². The van der Waals surface area contributed by atoms with Gasteiger partial charge in [0.1, 0.15) is 5.69 Å². The van der Waals surface area contributed by atoms with E-state index in [0.29, 0.717) is 12.3 Å². The van der Waals surface area contributed by atoms with Gasteiger partial charge in [-0.1, -0.05) is 62.2 Å². The number of nitrogens with one attached hydrogen (secondary N) is 1. The second-order valence-electron chi connectivity index (χ2n) is 4.77. The molecule has 0 spiro atoms. The van der Waals surface area contributed by atoms with Crippen LogP contribution in [0.5, 0.6) is 0 Å². The van der Waals surface area contributed by atoms with Crippen molar-refractivity contribution in [2.75, 3.05) is 6.61 Å². The first-order valence-corrected chi connectivity index (χ1v) is 8.43. The van der Waals surface area contributed by atoms with Crippen LogP contribution in [0.15, 0.2) is 51.4 Å². The third-order valence-corrected chi connectivity index (χ3v) is 4.44. The van der Waals surface area contributed by atoms with Crippen molar-refractivity contribution in [2.45, 2.75) is 6.92 Å². The number of aromatic nitrogens is 1. The first kappa shape index (κ1) is 15.3. The van der Waals surface area contributed by atoms with Gasteiger partial charge in [-0.25, -0.2) is 4.79 Å². The lowest BCUT2D eigenvalue weighted by Gasteiger charge is -2.06. The Morgan fingerprint density at radius 3 is 2.59 bits per heavy atom. The van der Waals surface area contributed by atoms with E-state index in [1.165, 1.54) is 0 Å². The summed E-state index contributed by atoms with van der Waals surface area (Å²) in [4.78, 5) is 15.5. The molecule has 1 N–H and O–H groups in total. The average molecular weight is 423 g/mol. The van der Waals surface area contributed by atoms with Crippen LogP contribution in [0.1, 0.15) is 17.4 Å². The first-order chi connectivity index (χ1) is 10.6. The van der Waals surface area contributed by atoms with Crippen molar-refractivity contribution in [3.63, 3.8) is 0 Å². The number of esters is 1. The van der Waals surface area contributed by atoms with E-state index in [2.05, 4.69) is 36.8 Å². The molecule has 0 atom stereocenters. The molecule has 0 radical (unpaired) electrons. The molecule has 0 aliphatic carbocycles. The Morgan fingerprint density at radius 2 is 1.91 bits per heavy atom. The summed E-state index contributed by atoms with van der Waals surface area (Å²) in [6.45, 7) is 2.14. The number of carbonyl (C=O) groups is 1. The molecular weight excluding hydrogens is 410 g/mol. The Labute approximate surface area is 144 Å². The van der Waals surface area contributed by atoms with Crippen molar-refractivity contribution < 1.29 is 9.53 Å². The molecule has 0 saturated carbocycles. The number of H-pyrrole nitrogens is 1. The molecule has 3 rings (SSSR count). The molecule has 112 valence electrons. The number of carbonyl (C=O) groups excluding carboxylic acids is 1. The summed E-state index contributed by atoms with van der Waals surface area (Å²) in [6, 6.07) is 13.8. The lowest BCUT2D eigenvalue weighted by molar-refractivity contribution is 0.0521. The predicted octanol–water partition coefficient (Wildman–Crippen LogP) is 5.54. The minimum absolute atomic E-state index is 0.341. The summed E-state index contributed by atoms with van der Waals surface area (Å²) >= 11 is 7.07. The smallest absolute Gasteiger partial charge is 0.355 e. The minimum Gasteiger partial charge on any atom is -0.461 e. The predicted molar refractivity (Wildman–Crippen MR) is 95.1 cm³/mol. The molecule has 0 unspecified atom stereocenters. The lowest BCUT2D eigenvalue weighted by Crippen LogP contribution is -2.06. The van der Waals surface area contributed by atoms with Gasteiger partial charge in [0.05, 0.1) is 6.61 Å². The molecular formula is C17H13Br2NO2. The lowest BCUT2D eigenvalue weighted by atomic mass is 10.0. The summed E-state index contributed by atoms with van der Waals surface area (Å²) in [5.74, 6) is -0.347. The molecule has 3 nitrogen and oxygen atoms in total. The van der Waals surface area contributed by atoms with Crippen molar-refractivity contribution in [3.05, 3.63) is 57.1 Å². The summed E-state index contributed by atoms with van der Waals surface area (Å²) in [5.41, 5.74) is 3.18. The fourth-order valence-electron chi connectivity index (χ4n) is 2.50. The molecule has 0 aliphatic heterocycles. The molecule has 5 heteroatoms. The van der Waals surface area contributed by atoms with Crippen LogP contribution in [0.25, 0.3) is 22.0 Å². The molecule has 3 aromatic rings. The van der Waals surface area contributed by atoms with Gasteiger partial charge in [-0.05, 0) is 24.6 Å². The fraction of sp³-hybridized carbons (Fsp3) is 0.118. The molecule has 0 saturated heterocycles. The molecule has 0 fully saturated rings. The number of halogens is 2. The van der Waals surface area contributed by atoms with E-state index in [4.69, 9.17) is 4.74 Å². The molecule has 1 heterocycles. The normalized spacial score (nSPS) is 10.9. The Morgan fingerprint density at radius 1 is 1.18 bits per heavy atom. The second kappa shape index (κ2) is 6.26. The van der Waals surface area contributed by atoms with Crippen LogP contribution in [0, 0.1) is 0 Å². The minimum atomic E-state index is -0.347. The van der Waals surface area contributed by atoms with Gasteiger partial charge < -0.3 is 9.72 Å². The van der Waals surface area contributed by atoms with Crippen LogP contribution in [-0.4, -0.2) is 17.6 Å². The first-order valence-electron chi connectivity index (χ1n) is 6.85. The van der Waals surface area contributed by atoms with Crippen LogP contribution >= 0.6 is 31.9 Å². The van der Waals surface area contributed by atoms with E-state index in [1.54, 1.807) is 6.92 Å². The van der Waals surface area contributed by atoms with Gasteiger partial charge in [0.25, 0.3) is 0 Å². The number of fused-ring (bicyclic) bond motifs is 1. The second-order valence-corrected chi connectivity index (χ2v) is 6.54. The molecule has 0 aliphatic rings. The van der Waals surface area contributed by atoms with Gasteiger partial charge in [-0.2, -0.15) is 0 Å². The van der Waals surface area contributed by atoms with Crippen molar-refractivity contribution in [1.82, 2.24) is 4.98 Å². The average Bonchev–Trinajstić information content (AvgIpc) is 2.88. The van der Waals surface area contributed by atoms with Crippen LogP contribution in [0.3, 0.4) is 0 Å². The summed E-state index contributed by atoms with van der Waals surface area (Å²) in [5, 5.41) is 0.970. The molecule has 2 aromatic carbocycles. The number of hydrogen-bond acceptors (Lipinski definition) is 2. The van der Waals surface area contributed by atoms with Gasteiger partial charge in [0.2, 0.25) is 0 Å². The highest BCUT2D eigenvalue weighted by Crippen LogP contribution is 2.38. The highest BCUT2D eigenvalue weighted by Gasteiger charge is 2.22. The highest BCUT2D eigenvalue weighted by molar-refractivity contribution is 9.11. The maximum absolute atomic E-state index is 12.3. The number of ether oxygens (including phenoxy) is 1. The van der Waals surface area contributed by atoms with Crippen molar-refractivity contribution in [1.29, 1.82) is 0 Å². The summed E-state index contributed by atoms with van der Waals surface area (Å²) < 4.78 is 7.05. The molecule has 1 aromatic heterocycles. The maximum atomic E-state index is 12.3. The van der Waals surface area contributed by atoms with Gasteiger partial charge in [-0.15, -0.1) is 0 Å². The Balaban J connectivity index is 2.35. The van der Waals surface area contributed by atoms with Crippen LogP contribution in [-0.2, 0) is 4.74 Å². The fourth-order valence-corrected chi connectivity index (χ4v) is 3.92. The van der Waals surface area contributed by atoms with E-state index < -0.39 is 0 Å². The van der Waals surface area contributed by atoms with Gasteiger partial charge in [0.15, 0.2) is 0 Å². The van der Waals surface area contributed by atoms with Crippen LogP contribution in [0.2, 0.25) is 0 Å². The van der Waals surface area contributed by atoms with Crippen molar-refractivity contribution in [2.24, 2.45) is 0 Å². The number of rotatable bonds is 3. The maximum Gasteiger partial charge on any atom is 0.355 e. The standard InChI is InChI=1S/C17H13Br2NO2/c1-2-22-17(21)16-14(10-6-4-3-5-7-10)15-12(19)8-11(18)9-13(15)20-16/h3-9,20H,2H2,1H3. The number of benzene rings is 2. The quantitative estimate of drug-likeness (QED) is 0.563.